The predicted molar refractivity (Wildman–Crippen MR) is 97.4 cm³/mol. The normalized spacial score (nSPS) is 10.9. The molecular weight excluding hydrogens is 349 g/mol. The maximum absolute atomic E-state index is 13.5. The highest BCUT2D eigenvalue weighted by Crippen LogP contribution is 2.28. The van der Waals surface area contributed by atoms with Crippen LogP contribution in [0.5, 0.6) is 11.5 Å². The number of phenolic OH excluding ortho intramolecular Hbond substituents is 1. The summed E-state index contributed by atoms with van der Waals surface area (Å²) in [5, 5.41) is 17.9. The van der Waals surface area contributed by atoms with Crippen molar-refractivity contribution in [3.8, 4) is 11.5 Å². The number of hydrogen-bond acceptors (Lipinski definition) is 6. The van der Waals surface area contributed by atoms with Crippen molar-refractivity contribution in [1.82, 2.24) is 4.98 Å². The number of aromatic hydroxyl groups is 1. The van der Waals surface area contributed by atoms with Crippen molar-refractivity contribution in [2.45, 2.75) is 13.8 Å². The Kier molecular flexibility index (Phi) is 5.21. The zero-order valence-electron chi connectivity index (χ0n) is 14.7. The lowest BCUT2D eigenvalue weighted by Gasteiger charge is -2.05. The summed E-state index contributed by atoms with van der Waals surface area (Å²) in [7, 11) is 0. The van der Waals surface area contributed by atoms with E-state index in [1.165, 1.54) is 30.5 Å². The van der Waals surface area contributed by atoms with E-state index in [0.717, 1.165) is 0 Å². The second-order valence-electron chi connectivity index (χ2n) is 5.85. The molecule has 0 fully saturated rings. The molecule has 2 aromatic carbocycles. The summed E-state index contributed by atoms with van der Waals surface area (Å²) in [6.45, 7) is 3.55. The van der Waals surface area contributed by atoms with Gasteiger partial charge in [0.1, 0.15) is 17.1 Å². The lowest BCUT2D eigenvalue weighted by molar-refractivity contribution is 0.0721. The molecule has 0 amide bonds. The van der Waals surface area contributed by atoms with Crippen LogP contribution in [-0.2, 0) is 0 Å². The van der Waals surface area contributed by atoms with E-state index >= 15 is 0 Å². The zero-order chi connectivity index (χ0) is 19.4. The van der Waals surface area contributed by atoms with Gasteiger partial charge in [0.15, 0.2) is 11.6 Å². The van der Waals surface area contributed by atoms with Crippen LogP contribution in [0.2, 0.25) is 0 Å². The molecule has 1 aromatic heterocycles. The minimum atomic E-state index is -0.770. The molecule has 1 N–H and O–H groups in total. The minimum Gasteiger partial charge on any atom is -0.507 e. The van der Waals surface area contributed by atoms with Gasteiger partial charge in [-0.15, -0.1) is 5.11 Å². The number of halogens is 1. The predicted octanol–water partition coefficient (Wildman–Crippen LogP) is 5.18. The molecule has 0 aliphatic rings. The van der Waals surface area contributed by atoms with Gasteiger partial charge in [-0.3, -0.25) is 0 Å². The van der Waals surface area contributed by atoms with Crippen LogP contribution in [0.15, 0.2) is 65.0 Å². The van der Waals surface area contributed by atoms with E-state index < -0.39 is 11.8 Å². The molecule has 0 aliphatic carbocycles. The first kappa shape index (κ1) is 18.2. The smallest absolute Gasteiger partial charge is 0.362 e. The maximum atomic E-state index is 13.5. The van der Waals surface area contributed by atoms with Gasteiger partial charge in [-0.05, 0) is 61.4 Å². The van der Waals surface area contributed by atoms with Crippen molar-refractivity contribution in [1.29, 1.82) is 0 Å². The molecule has 3 rings (SSSR count). The van der Waals surface area contributed by atoms with Gasteiger partial charge in [-0.1, -0.05) is 12.1 Å². The van der Waals surface area contributed by atoms with Crippen LogP contribution >= 0.6 is 0 Å². The average molecular weight is 365 g/mol. The Balaban J connectivity index is 1.72. The molecule has 0 atom stereocenters. The largest absolute Gasteiger partial charge is 0.507 e. The molecule has 0 spiro atoms. The minimum absolute atomic E-state index is 0.0218. The number of rotatable bonds is 4. The van der Waals surface area contributed by atoms with Gasteiger partial charge in [0, 0.05) is 0 Å². The van der Waals surface area contributed by atoms with Crippen molar-refractivity contribution in [2.24, 2.45) is 10.2 Å². The number of hydrogen-bond donors (Lipinski definition) is 1. The number of esters is 1. The van der Waals surface area contributed by atoms with Crippen LogP contribution in [0.1, 0.15) is 21.6 Å². The van der Waals surface area contributed by atoms with Crippen molar-refractivity contribution in [3.05, 3.63) is 77.4 Å². The molecule has 7 heteroatoms. The third kappa shape index (κ3) is 4.33. The van der Waals surface area contributed by atoms with Gasteiger partial charge in [-0.25, -0.2) is 14.2 Å². The van der Waals surface area contributed by atoms with E-state index in [4.69, 9.17) is 4.74 Å². The van der Waals surface area contributed by atoms with Gasteiger partial charge in [-0.2, -0.15) is 5.11 Å². The van der Waals surface area contributed by atoms with Gasteiger partial charge in [0.05, 0.1) is 11.9 Å². The fourth-order valence-electron chi connectivity index (χ4n) is 2.35. The first-order chi connectivity index (χ1) is 12.9. The Morgan fingerprint density at radius 2 is 1.70 bits per heavy atom. The Morgan fingerprint density at radius 1 is 1.04 bits per heavy atom. The molecule has 0 unspecified atom stereocenters. The summed E-state index contributed by atoms with van der Waals surface area (Å²) in [5.74, 6) is -1.33. The number of pyridine rings is 1. The number of azo groups is 1. The number of carbonyl (C=O) groups excluding carboxylic acids is 1. The number of ether oxygens (including phenoxy) is 1. The molecule has 0 aliphatic heterocycles. The molecule has 0 saturated carbocycles. The molecule has 3 aromatic rings. The first-order valence-electron chi connectivity index (χ1n) is 8.09. The van der Waals surface area contributed by atoms with Crippen LogP contribution in [0.3, 0.4) is 0 Å². The maximum Gasteiger partial charge on any atom is 0.362 e. The monoisotopic (exact) mass is 365 g/mol. The van der Waals surface area contributed by atoms with E-state index in [9.17, 15) is 14.3 Å². The number of carbonyl (C=O) groups is 1. The van der Waals surface area contributed by atoms with E-state index in [1.54, 1.807) is 38.1 Å². The molecule has 0 radical (unpaired) electrons. The number of aromatic nitrogens is 1. The summed E-state index contributed by atoms with van der Waals surface area (Å²) >= 11 is 0. The zero-order valence-corrected chi connectivity index (χ0v) is 14.7. The summed E-state index contributed by atoms with van der Waals surface area (Å²) in [6.07, 6.45) is 1.36. The number of nitrogens with zero attached hydrogens (tertiary/aromatic N) is 3. The Hall–Kier alpha value is -3.61. The Bertz CT molecular complexity index is 994. The van der Waals surface area contributed by atoms with Crippen molar-refractivity contribution in [2.75, 3.05) is 0 Å². The highest BCUT2D eigenvalue weighted by atomic mass is 19.1. The first-order valence-corrected chi connectivity index (χ1v) is 8.09. The lowest BCUT2D eigenvalue weighted by atomic mass is 10.1. The second-order valence-corrected chi connectivity index (χ2v) is 5.85. The topological polar surface area (TPSA) is 84.1 Å². The van der Waals surface area contributed by atoms with E-state index in [1.807, 2.05) is 0 Å². The van der Waals surface area contributed by atoms with Crippen molar-refractivity contribution < 1.29 is 19.0 Å². The number of para-hydroxylation sites is 1. The quantitative estimate of drug-likeness (QED) is 0.392. The Morgan fingerprint density at radius 3 is 2.33 bits per heavy atom. The molecule has 136 valence electrons. The van der Waals surface area contributed by atoms with Gasteiger partial charge < -0.3 is 9.84 Å². The number of aryl methyl sites for hydroxylation is 2. The molecule has 6 nitrogen and oxygen atoms in total. The Labute approximate surface area is 155 Å². The average Bonchev–Trinajstić information content (AvgIpc) is 2.66. The summed E-state index contributed by atoms with van der Waals surface area (Å²) in [5.41, 5.74) is 2.45. The third-order valence-electron chi connectivity index (χ3n) is 3.75. The van der Waals surface area contributed by atoms with Crippen LogP contribution in [-0.4, -0.2) is 16.1 Å². The summed E-state index contributed by atoms with van der Waals surface area (Å²) in [6, 6.07) is 12.0. The molecule has 0 saturated heterocycles. The summed E-state index contributed by atoms with van der Waals surface area (Å²) in [4.78, 5) is 16.0. The lowest BCUT2D eigenvalue weighted by Crippen LogP contribution is -2.11. The van der Waals surface area contributed by atoms with E-state index in [-0.39, 0.29) is 17.2 Å². The van der Waals surface area contributed by atoms with Gasteiger partial charge >= 0.3 is 5.97 Å². The highest BCUT2D eigenvalue weighted by Gasteiger charge is 2.12. The van der Waals surface area contributed by atoms with Gasteiger partial charge in [0.2, 0.25) is 0 Å². The standard InChI is InChI=1S/C20H16FN3O3/c1-12-9-15(10-13(2)19(12)25)24-23-14-7-8-17(22-11-14)20(26)27-18-6-4-3-5-16(18)21/h3-11,25H,1-2H3. The summed E-state index contributed by atoms with van der Waals surface area (Å²) < 4.78 is 18.5. The van der Waals surface area contributed by atoms with Crippen LogP contribution in [0.4, 0.5) is 15.8 Å². The van der Waals surface area contributed by atoms with Crippen LogP contribution < -0.4 is 4.74 Å². The fourth-order valence-corrected chi connectivity index (χ4v) is 2.35. The highest BCUT2D eigenvalue weighted by molar-refractivity contribution is 5.89. The van der Waals surface area contributed by atoms with Gasteiger partial charge in [0.25, 0.3) is 0 Å². The van der Waals surface area contributed by atoms with Crippen LogP contribution in [0.25, 0.3) is 0 Å². The van der Waals surface area contributed by atoms with Crippen molar-refractivity contribution >= 4 is 17.3 Å². The molecule has 27 heavy (non-hydrogen) atoms. The van der Waals surface area contributed by atoms with E-state index in [0.29, 0.717) is 22.5 Å². The molecule has 1 heterocycles. The second kappa shape index (κ2) is 7.74. The van der Waals surface area contributed by atoms with Crippen LogP contribution in [0, 0.1) is 19.7 Å². The fraction of sp³-hybridized carbons (Fsp3) is 0.100. The van der Waals surface area contributed by atoms with Crippen molar-refractivity contribution in [3.63, 3.8) is 0 Å². The third-order valence-corrected chi connectivity index (χ3v) is 3.75. The number of phenols is 1. The van der Waals surface area contributed by atoms with E-state index in [2.05, 4.69) is 15.2 Å². The SMILES string of the molecule is Cc1cc(N=Nc2ccc(C(=O)Oc3ccccc3F)nc2)cc(C)c1O. The molecular formula is C20H16FN3O3. The molecule has 0 bridgehead atoms. The number of benzene rings is 2.